The zero-order valence-electron chi connectivity index (χ0n) is 13.7. The zero-order chi connectivity index (χ0) is 15.4. The van der Waals surface area contributed by atoms with Gasteiger partial charge in [-0.3, -0.25) is 4.40 Å². The number of rotatable bonds is 0. The van der Waals surface area contributed by atoms with Crippen LogP contribution in [0.2, 0.25) is 0 Å². The van der Waals surface area contributed by atoms with Crippen LogP contribution in [-0.4, -0.2) is 14.4 Å². The van der Waals surface area contributed by atoms with Gasteiger partial charge in [0.2, 0.25) is 0 Å². The third-order valence-electron chi connectivity index (χ3n) is 3.87. The van der Waals surface area contributed by atoms with Gasteiger partial charge in [-0.2, -0.15) is 0 Å². The molecule has 0 bridgehead atoms. The van der Waals surface area contributed by atoms with Gasteiger partial charge in [-0.25, -0.2) is 9.97 Å². The Hall–Kier alpha value is -1.90. The third-order valence-corrected chi connectivity index (χ3v) is 3.87. The molecule has 0 aliphatic heterocycles. The second-order valence-electron chi connectivity index (χ2n) is 7.79. The fourth-order valence-electron chi connectivity index (χ4n) is 2.65. The largest absolute Gasteiger partial charge is 0.287 e. The van der Waals surface area contributed by atoms with Gasteiger partial charge in [-0.15, -0.1) is 0 Å². The van der Waals surface area contributed by atoms with Crippen molar-refractivity contribution in [3.05, 3.63) is 42.0 Å². The monoisotopic (exact) mass is 281 g/mol. The Balaban J connectivity index is 2.40. The maximum Gasteiger partial charge on any atom is 0.147 e. The molecule has 0 unspecified atom stereocenters. The Labute approximate surface area is 126 Å². The van der Waals surface area contributed by atoms with Crippen LogP contribution < -0.4 is 0 Å². The van der Waals surface area contributed by atoms with Crippen LogP contribution >= 0.6 is 0 Å². The molecule has 3 rings (SSSR count). The molecule has 3 heteroatoms. The van der Waals surface area contributed by atoms with E-state index in [9.17, 15) is 0 Å². The molecular weight excluding hydrogens is 258 g/mol. The van der Waals surface area contributed by atoms with Gasteiger partial charge in [0, 0.05) is 23.2 Å². The molecule has 0 aliphatic carbocycles. The summed E-state index contributed by atoms with van der Waals surface area (Å²) in [5.41, 5.74) is 3.43. The normalized spacial score (nSPS) is 13.2. The average molecular weight is 281 g/mol. The first kappa shape index (κ1) is 14.1. The van der Waals surface area contributed by atoms with E-state index in [0.29, 0.717) is 0 Å². The number of nitrogens with zero attached hydrogens (tertiary/aromatic N) is 3. The quantitative estimate of drug-likeness (QED) is 0.608. The fraction of sp³-hybridized carbons (Fsp3) is 0.444. The number of benzene rings is 1. The molecule has 0 radical (unpaired) electrons. The van der Waals surface area contributed by atoms with Crippen molar-refractivity contribution in [2.24, 2.45) is 0 Å². The van der Waals surface area contributed by atoms with Crippen molar-refractivity contribution in [1.29, 1.82) is 0 Å². The topological polar surface area (TPSA) is 30.2 Å². The van der Waals surface area contributed by atoms with Crippen molar-refractivity contribution in [2.45, 2.75) is 52.4 Å². The van der Waals surface area contributed by atoms with E-state index in [4.69, 9.17) is 4.98 Å². The molecule has 21 heavy (non-hydrogen) atoms. The van der Waals surface area contributed by atoms with Crippen LogP contribution in [0.1, 0.15) is 52.9 Å². The second-order valence-corrected chi connectivity index (χ2v) is 7.79. The summed E-state index contributed by atoms with van der Waals surface area (Å²) in [7, 11) is 0. The van der Waals surface area contributed by atoms with E-state index in [2.05, 4.69) is 69.1 Å². The van der Waals surface area contributed by atoms with Crippen molar-refractivity contribution in [1.82, 2.24) is 14.4 Å². The minimum Gasteiger partial charge on any atom is -0.287 e. The first-order chi connectivity index (χ1) is 9.68. The lowest BCUT2D eigenvalue weighted by atomic mass is 9.86. The van der Waals surface area contributed by atoms with Crippen LogP contribution in [-0.2, 0) is 10.8 Å². The van der Waals surface area contributed by atoms with E-state index < -0.39 is 0 Å². The molecule has 0 spiro atoms. The van der Waals surface area contributed by atoms with Crippen molar-refractivity contribution in [3.63, 3.8) is 0 Å². The summed E-state index contributed by atoms with van der Waals surface area (Å²) in [5, 5.41) is 1.11. The van der Waals surface area contributed by atoms with Crippen molar-refractivity contribution in [3.8, 4) is 0 Å². The predicted octanol–water partition coefficient (Wildman–Crippen LogP) is 4.48. The summed E-state index contributed by atoms with van der Waals surface area (Å²) in [6.07, 6.45) is 3.85. The summed E-state index contributed by atoms with van der Waals surface area (Å²) in [5.74, 6) is 1.05. The van der Waals surface area contributed by atoms with Crippen LogP contribution in [0.15, 0.2) is 30.6 Å². The number of fused-ring (bicyclic) bond motifs is 3. The highest BCUT2D eigenvalue weighted by molar-refractivity contribution is 5.92. The second kappa shape index (κ2) is 4.30. The molecular formula is C18H23N3. The maximum atomic E-state index is 4.94. The highest BCUT2D eigenvalue weighted by atomic mass is 15.1. The Morgan fingerprint density at radius 2 is 1.67 bits per heavy atom. The molecule has 0 saturated heterocycles. The molecule has 3 nitrogen and oxygen atoms in total. The van der Waals surface area contributed by atoms with Crippen molar-refractivity contribution >= 4 is 16.6 Å². The van der Waals surface area contributed by atoms with Gasteiger partial charge in [-0.1, -0.05) is 47.6 Å². The Bertz CT molecular complexity index is 814. The molecule has 0 saturated carbocycles. The highest BCUT2D eigenvalue weighted by Gasteiger charge is 2.22. The summed E-state index contributed by atoms with van der Waals surface area (Å²) in [6.45, 7) is 13.3. The first-order valence-electron chi connectivity index (χ1n) is 7.46. The van der Waals surface area contributed by atoms with Crippen molar-refractivity contribution < 1.29 is 0 Å². The Morgan fingerprint density at radius 1 is 0.952 bits per heavy atom. The number of aromatic nitrogens is 3. The van der Waals surface area contributed by atoms with E-state index in [1.165, 1.54) is 5.56 Å². The van der Waals surface area contributed by atoms with Crippen LogP contribution in [0, 0.1) is 0 Å². The minimum absolute atomic E-state index is 0.0229. The molecule has 0 amide bonds. The van der Waals surface area contributed by atoms with Gasteiger partial charge >= 0.3 is 0 Å². The smallest absolute Gasteiger partial charge is 0.147 e. The standard InChI is InChI=1S/C18H23N3/c1-17(2,3)12-7-8-13-14(11-12)20-16(18(4,5)6)21-10-9-19-15(13)21/h7-11H,1-6H3. The van der Waals surface area contributed by atoms with Gasteiger partial charge < -0.3 is 0 Å². The minimum atomic E-state index is -0.0229. The van der Waals surface area contributed by atoms with Crippen molar-refractivity contribution in [2.75, 3.05) is 0 Å². The van der Waals surface area contributed by atoms with E-state index in [1.54, 1.807) is 0 Å². The van der Waals surface area contributed by atoms with E-state index in [-0.39, 0.29) is 10.8 Å². The molecule has 1 aromatic carbocycles. The van der Waals surface area contributed by atoms with E-state index >= 15 is 0 Å². The van der Waals surface area contributed by atoms with Gasteiger partial charge in [-0.05, 0) is 23.1 Å². The van der Waals surface area contributed by atoms with Crippen LogP contribution in [0.4, 0.5) is 0 Å². The van der Waals surface area contributed by atoms with E-state index in [1.807, 2.05) is 12.4 Å². The predicted molar refractivity (Wildman–Crippen MR) is 87.9 cm³/mol. The fourth-order valence-corrected chi connectivity index (χ4v) is 2.65. The van der Waals surface area contributed by atoms with Crippen LogP contribution in [0.25, 0.3) is 16.6 Å². The number of hydrogen-bond donors (Lipinski definition) is 0. The molecule has 2 heterocycles. The first-order valence-corrected chi connectivity index (χ1v) is 7.46. The SMILES string of the molecule is CC(C)(C)c1ccc2c(c1)nc(C(C)(C)C)n1ccnc21. The molecule has 0 fully saturated rings. The summed E-state index contributed by atoms with van der Waals surface area (Å²) in [6, 6.07) is 6.55. The third kappa shape index (κ3) is 2.31. The molecule has 2 aromatic heterocycles. The summed E-state index contributed by atoms with van der Waals surface area (Å²) >= 11 is 0. The lowest BCUT2D eigenvalue weighted by Crippen LogP contribution is -2.19. The lowest BCUT2D eigenvalue weighted by molar-refractivity contribution is 0.539. The molecule has 0 atom stereocenters. The van der Waals surface area contributed by atoms with Gasteiger partial charge in [0.05, 0.1) is 5.52 Å². The molecule has 0 N–H and O–H groups in total. The number of hydrogen-bond acceptors (Lipinski definition) is 2. The molecule has 110 valence electrons. The van der Waals surface area contributed by atoms with E-state index in [0.717, 1.165) is 22.4 Å². The maximum absolute atomic E-state index is 4.94. The summed E-state index contributed by atoms with van der Waals surface area (Å²) < 4.78 is 2.11. The Morgan fingerprint density at radius 3 is 2.29 bits per heavy atom. The van der Waals surface area contributed by atoms with Crippen LogP contribution in [0.5, 0.6) is 0 Å². The number of imidazole rings is 1. The molecule has 3 aromatic rings. The highest BCUT2D eigenvalue weighted by Crippen LogP contribution is 2.29. The summed E-state index contributed by atoms with van der Waals surface area (Å²) in [4.78, 5) is 9.48. The average Bonchev–Trinajstić information content (AvgIpc) is 2.83. The lowest BCUT2D eigenvalue weighted by Gasteiger charge is -2.22. The zero-order valence-corrected chi connectivity index (χ0v) is 13.7. The molecule has 0 aliphatic rings. The van der Waals surface area contributed by atoms with Gasteiger partial charge in [0.15, 0.2) is 0 Å². The Kier molecular flexibility index (Phi) is 2.88. The van der Waals surface area contributed by atoms with Gasteiger partial charge in [0.1, 0.15) is 11.5 Å². The van der Waals surface area contributed by atoms with Crippen LogP contribution in [0.3, 0.4) is 0 Å². The van der Waals surface area contributed by atoms with Gasteiger partial charge in [0.25, 0.3) is 0 Å².